The molecule has 1 atom stereocenters. The quantitative estimate of drug-likeness (QED) is 0.723. The normalized spacial score (nSPS) is 17.3. The molecule has 1 amide bonds. The number of hydrogen-bond donors (Lipinski definition) is 0. The summed E-state index contributed by atoms with van der Waals surface area (Å²) in [5, 5.41) is 4.00. The van der Waals surface area contributed by atoms with Crippen molar-refractivity contribution in [2.45, 2.75) is 18.8 Å². The maximum absolute atomic E-state index is 13.1. The van der Waals surface area contributed by atoms with Gasteiger partial charge in [-0.3, -0.25) is 9.78 Å². The molecule has 0 N–H and O–H groups in total. The van der Waals surface area contributed by atoms with E-state index in [0.29, 0.717) is 36.1 Å². The number of pyridine rings is 1. The molecule has 26 heavy (non-hydrogen) atoms. The first-order valence-corrected chi connectivity index (χ1v) is 8.50. The second kappa shape index (κ2) is 7.03. The van der Waals surface area contributed by atoms with Gasteiger partial charge in [0, 0.05) is 24.8 Å². The third-order valence-electron chi connectivity index (χ3n) is 4.49. The Morgan fingerprint density at radius 3 is 2.81 bits per heavy atom. The number of halogens is 1. The minimum absolute atomic E-state index is 0.0156. The second-order valence-electron chi connectivity index (χ2n) is 6.27. The fourth-order valence-corrected chi connectivity index (χ4v) is 3.13. The Morgan fingerprint density at radius 2 is 2.04 bits per heavy atom. The molecule has 0 saturated carbocycles. The summed E-state index contributed by atoms with van der Waals surface area (Å²) in [5.41, 5.74) is 1.13. The highest BCUT2D eigenvalue weighted by atomic mass is 19.1. The first kappa shape index (κ1) is 16.4. The van der Waals surface area contributed by atoms with Crippen LogP contribution in [-0.4, -0.2) is 39.0 Å². The summed E-state index contributed by atoms with van der Waals surface area (Å²) in [6, 6.07) is 11.2. The fraction of sp³-hybridized carbons (Fsp3) is 0.263. The fourth-order valence-electron chi connectivity index (χ4n) is 3.13. The van der Waals surface area contributed by atoms with E-state index < -0.39 is 0 Å². The smallest absolute Gasteiger partial charge is 0.272 e. The third-order valence-corrected chi connectivity index (χ3v) is 4.49. The minimum atomic E-state index is -0.312. The van der Waals surface area contributed by atoms with Crippen molar-refractivity contribution < 1.29 is 13.7 Å². The molecule has 0 radical (unpaired) electrons. The molecule has 6 nitrogen and oxygen atoms in total. The average molecular weight is 352 g/mol. The molecule has 2 aromatic heterocycles. The zero-order valence-corrected chi connectivity index (χ0v) is 14.0. The number of nitrogens with zero attached hydrogens (tertiary/aromatic N) is 4. The van der Waals surface area contributed by atoms with E-state index in [0.717, 1.165) is 12.8 Å². The minimum Gasteiger partial charge on any atom is -0.339 e. The molecule has 7 heteroatoms. The van der Waals surface area contributed by atoms with E-state index in [-0.39, 0.29) is 17.6 Å². The molecule has 0 bridgehead atoms. The number of carbonyl (C=O) groups is 1. The lowest BCUT2D eigenvalue weighted by Crippen LogP contribution is -2.39. The van der Waals surface area contributed by atoms with Crippen LogP contribution in [0, 0.1) is 5.82 Å². The molecule has 4 rings (SSSR count). The van der Waals surface area contributed by atoms with E-state index in [1.807, 2.05) is 0 Å². The van der Waals surface area contributed by atoms with Crippen molar-refractivity contribution in [2.24, 2.45) is 0 Å². The molecular formula is C19H17FN4O2. The van der Waals surface area contributed by atoms with Crippen LogP contribution in [0.2, 0.25) is 0 Å². The Balaban J connectivity index is 1.50. The highest BCUT2D eigenvalue weighted by Gasteiger charge is 2.29. The van der Waals surface area contributed by atoms with Gasteiger partial charge in [-0.1, -0.05) is 11.2 Å². The van der Waals surface area contributed by atoms with Gasteiger partial charge < -0.3 is 9.42 Å². The SMILES string of the molecule is O=C(c1ccccn1)N1CCCC(c2nc(-c3ccc(F)cc3)no2)C1. The van der Waals surface area contributed by atoms with Crippen LogP contribution in [0.4, 0.5) is 4.39 Å². The van der Waals surface area contributed by atoms with Crippen LogP contribution in [-0.2, 0) is 0 Å². The first-order valence-electron chi connectivity index (χ1n) is 8.50. The topological polar surface area (TPSA) is 72.1 Å². The van der Waals surface area contributed by atoms with Crippen molar-refractivity contribution in [3.63, 3.8) is 0 Å². The van der Waals surface area contributed by atoms with Gasteiger partial charge in [0.05, 0.1) is 5.92 Å². The maximum atomic E-state index is 13.1. The van der Waals surface area contributed by atoms with Crippen molar-refractivity contribution in [3.8, 4) is 11.4 Å². The number of rotatable bonds is 3. The van der Waals surface area contributed by atoms with Crippen LogP contribution < -0.4 is 0 Å². The second-order valence-corrected chi connectivity index (χ2v) is 6.27. The summed E-state index contributed by atoms with van der Waals surface area (Å²) in [7, 11) is 0. The van der Waals surface area contributed by atoms with Gasteiger partial charge in [-0.2, -0.15) is 4.98 Å². The molecular weight excluding hydrogens is 335 g/mol. The van der Waals surface area contributed by atoms with Crippen molar-refractivity contribution >= 4 is 5.91 Å². The monoisotopic (exact) mass is 352 g/mol. The van der Waals surface area contributed by atoms with Gasteiger partial charge >= 0.3 is 0 Å². The van der Waals surface area contributed by atoms with Crippen molar-refractivity contribution in [1.29, 1.82) is 0 Å². The highest BCUT2D eigenvalue weighted by molar-refractivity contribution is 5.92. The highest BCUT2D eigenvalue weighted by Crippen LogP contribution is 2.28. The summed E-state index contributed by atoms with van der Waals surface area (Å²) in [5.74, 6) is 0.510. The summed E-state index contributed by atoms with van der Waals surface area (Å²) in [4.78, 5) is 22.9. The van der Waals surface area contributed by atoms with Crippen molar-refractivity contribution in [3.05, 3.63) is 66.1 Å². The lowest BCUT2D eigenvalue weighted by molar-refractivity contribution is 0.0689. The van der Waals surface area contributed by atoms with Crippen molar-refractivity contribution in [1.82, 2.24) is 20.0 Å². The third kappa shape index (κ3) is 3.33. The van der Waals surface area contributed by atoms with Crippen LogP contribution in [0.25, 0.3) is 11.4 Å². The Labute approximate surface area is 149 Å². The van der Waals surface area contributed by atoms with Crippen LogP contribution in [0.3, 0.4) is 0 Å². The van der Waals surface area contributed by atoms with E-state index in [1.54, 1.807) is 41.4 Å². The zero-order chi connectivity index (χ0) is 17.9. The number of hydrogen-bond acceptors (Lipinski definition) is 5. The van der Waals surface area contributed by atoms with Crippen molar-refractivity contribution in [2.75, 3.05) is 13.1 Å². The standard InChI is InChI=1S/C19H17FN4O2/c20-15-8-6-13(7-9-15)17-22-18(26-23-17)14-4-3-11-24(12-14)19(25)16-5-1-2-10-21-16/h1-2,5-10,14H,3-4,11-12H2. The van der Waals surface area contributed by atoms with Crippen LogP contribution in [0.5, 0.6) is 0 Å². The summed E-state index contributed by atoms with van der Waals surface area (Å²) in [6.07, 6.45) is 3.34. The van der Waals surface area contributed by atoms with Gasteiger partial charge in [0.2, 0.25) is 11.7 Å². The molecule has 3 aromatic rings. The molecule has 1 aliphatic heterocycles. The van der Waals surface area contributed by atoms with Gasteiger partial charge in [-0.15, -0.1) is 0 Å². The maximum Gasteiger partial charge on any atom is 0.272 e. The summed E-state index contributed by atoms with van der Waals surface area (Å²) >= 11 is 0. The molecule has 1 aliphatic rings. The van der Waals surface area contributed by atoms with Gasteiger partial charge in [0.15, 0.2) is 0 Å². The lowest BCUT2D eigenvalue weighted by atomic mass is 9.97. The predicted octanol–water partition coefficient (Wildman–Crippen LogP) is 3.29. The molecule has 3 heterocycles. The molecule has 132 valence electrons. The zero-order valence-electron chi connectivity index (χ0n) is 14.0. The Hall–Kier alpha value is -3.09. The number of likely N-dealkylation sites (tertiary alicyclic amines) is 1. The Bertz CT molecular complexity index is 895. The van der Waals surface area contributed by atoms with Crippen LogP contribution in [0.15, 0.2) is 53.2 Å². The lowest BCUT2D eigenvalue weighted by Gasteiger charge is -2.30. The molecule has 0 spiro atoms. The first-order chi connectivity index (χ1) is 12.7. The van der Waals surface area contributed by atoms with E-state index in [4.69, 9.17) is 4.52 Å². The van der Waals surface area contributed by atoms with E-state index in [9.17, 15) is 9.18 Å². The predicted molar refractivity (Wildman–Crippen MR) is 91.8 cm³/mol. The average Bonchev–Trinajstić information content (AvgIpc) is 3.19. The largest absolute Gasteiger partial charge is 0.339 e. The van der Waals surface area contributed by atoms with E-state index >= 15 is 0 Å². The number of piperidine rings is 1. The number of benzene rings is 1. The van der Waals surface area contributed by atoms with E-state index in [2.05, 4.69) is 15.1 Å². The van der Waals surface area contributed by atoms with Crippen LogP contribution in [0.1, 0.15) is 35.1 Å². The molecule has 1 fully saturated rings. The molecule has 1 aromatic carbocycles. The van der Waals surface area contributed by atoms with E-state index in [1.165, 1.54) is 12.1 Å². The van der Waals surface area contributed by atoms with Crippen LogP contribution >= 0.6 is 0 Å². The molecule has 1 unspecified atom stereocenters. The van der Waals surface area contributed by atoms with Gasteiger partial charge in [-0.05, 0) is 49.2 Å². The number of aromatic nitrogens is 3. The van der Waals surface area contributed by atoms with Gasteiger partial charge in [0.1, 0.15) is 11.5 Å². The van der Waals surface area contributed by atoms with Gasteiger partial charge in [0.25, 0.3) is 5.91 Å². The number of carbonyl (C=O) groups excluding carboxylic acids is 1. The molecule has 0 aliphatic carbocycles. The summed E-state index contributed by atoms with van der Waals surface area (Å²) in [6.45, 7) is 1.20. The Kier molecular flexibility index (Phi) is 4.43. The number of amides is 1. The summed E-state index contributed by atoms with van der Waals surface area (Å²) < 4.78 is 18.5. The molecule has 1 saturated heterocycles. The Morgan fingerprint density at radius 1 is 1.19 bits per heavy atom. The van der Waals surface area contributed by atoms with Gasteiger partial charge in [-0.25, -0.2) is 4.39 Å².